The molecular formula is C13H19N5. The molecule has 0 amide bonds. The molecule has 0 aliphatic heterocycles. The van der Waals surface area contributed by atoms with Crippen LogP contribution in [-0.2, 0) is 13.6 Å². The fraction of sp³-hybridized carbons (Fsp3) is 0.385. The number of aryl methyl sites for hydroxylation is 1. The summed E-state index contributed by atoms with van der Waals surface area (Å²) >= 11 is 0. The molecule has 5 heteroatoms. The van der Waals surface area contributed by atoms with Crippen LogP contribution in [0.1, 0.15) is 11.4 Å². The van der Waals surface area contributed by atoms with Crippen LogP contribution in [0.3, 0.4) is 0 Å². The Kier molecular flexibility index (Phi) is 3.50. The molecule has 0 aliphatic rings. The Morgan fingerprint density at radius 1 is 1.33 bits per heavy atom. The van der Waals surface area contributed by atoms with Gasteiger partial charge in [0.15, 0.2) is 0 Å². The topological polar surface area (TPSA) is 46.0 Å². The Morgan fingerprint density at radius 3 is 2.72 bits per heavy atom. The summed E-state index contributed by atoms with van der Waals surface area (Å²) in [6.45, 7) is 2.74. The molecular weight excluding hydrogens is 226 g/mol. The van der Waals surface area contributed by atoms with Gasteiger partial charge in [0.05, 0.1) is 29.8 Å². The summed E-state index contributed by atoms with van der Waals surface area (Å²) in [6, 6.07) is 3.97. The molecule has 0 aromatic carbocycles. The molecule has 5 nitrogen and oxygen atoms in total. The summed E-state index contributed by atoms with van der Waals surface area (Å²) in [7, 11) is 6.01. The summed E-state index contributed by atoms with van der Waals surface area (Å²) in [5.41, 5.74) is 3.21. The van der Waals surface area contributed by atoms with E-state index >= 15 is 0 Å². The molecule has 0 aliphatic carbocycles. The van der Waals surface area contributed by atoms with Gasteiger partial charge in [-0.15, -0.1) is 0 Å². The van der Waals surface area contributed by atoms with Crippen LogP contribution in [0.25, 0.3) is 0 Å². The van der Waals surface area contributed by atoms with Crippen LogP contribution in [0.5, 0.6) is 0 Å². The van der Waals surface area contributed by atoms with E-state index in [2.05, 4.69) is 19.9 Å². The van der Waals surface area contributed by atoms with E-state index in [9.17, 15) is 0 Å². The molecule has 0 unspecified atom stereocenters. The number of nitrogens with one attached hydrogen (secondary N) is 1. The Labute approximate surface area is 107 Å². The third-order valence-electron chi connectivity index (χ3n) is 2.93. The van der Waals surface area contributed by atoms with Crippen molar-refractivity contribution < 1.29 is 0 Å². The summed E-state index contributed by atoms with van der Waals surface area (Å²) in [5.74, 6) is 0.953. The fourth-order valence-corrected chi connectivity index (χ4v) is 1.87. The van der Waals surface area contributed by atoms with Gasteiger partial charge in [0.2, 0.25) is 5.95 Å². The predicted molar refractivity (Wildman–Crippen MR) is 73.8 cm³/mol. The van der Waals surface area contributed by atoms with Gasteiger partial charge in [0.25, 0.3) is 0 Å². The van der Waals surface area contributed by atoms with E-state index in [4.69, 9.17) is 0 Å². The van der Waals surface area contributed by atoms with Crippen LogP contribution < -0.4 is 10.2 Å². The van der Waals surface area contributed by atoms with Gasteiger partial charge in [-0.25, -0.2) is 4.98 Å². The fourth-order valence-electron chi connectivity index (χ4n) is 1.87. The second-order valence-electron chi connectivity index (χ2n) is 4.49. The first-order valence-corrected chi connectivity index (χ1v) is 5.93. The normalized spacial score (nSPS) is 10.4. The van der Waals surface area contributed by atoms with Gasteiger partial charge < -0.3 is 14.8 Å². The van der Waals surface area contributed by atoms with Crippen molar-refractivity contribution in [3.63, 3.8) is 0 Å². The zero-order valence-corrected chi connectivity index (χ0v) is 11.3. The van der Waals surface area contributed by atoms with Gasteiger partial charge in [-0.1, -0.05) is 0 Å². The molecule has 96 valence electrons. The van der Waals surface area contributed by atoms with E-state index in [1.807, 2.05) is 51.3 Å². The lowest BCUT2D eigenvalue weighted by molar-refractivity contribution is 0.813. The minimum absolute atomic E-state index is 0.740. The highest BCUT2D eigenvalue weighted by atomic mass is 15.3. The highest BCUT2D eigenvalue weighted by Gasteiger charge is 2.08. The van der Waals surface area contributed by atoms with Crippen molar-refractivity contribution in [2.24, 2.45) is 7.05 Å². The van der Waals surface area contributed by atoms with Gasteiger partial charge in [-0.05, 0) is 19.1 Å². The minimum atomic E-state index is 0.740. The molecule has 0 saturated heterocycles. The maximum absolute atomic E-state index is 4.38. The van der Waals surface area contributed by atoms with Crippen molar-refractivity contribution in [2.75, 3.05) is 24.3 Å². The molecule has 2 heterocycles. The van der Waals surface area contributed by atoms with Crippen molar-refractivity contribution in [1.82, 2.24) is 14.5 Å². The van der Waals surface area contributed by atoms with Crippen molar-refractivity contribution >= 4 is 11.6 Å². The molecule has 2 rings (SSSR count). The van der Waals surface area contributed by atoms with Gasteiger partial charge in [0.1, 0.15) is 0 Å². The molecule has 0 saturated carbocycles. The summed E-state index contributed by atoms with van der Waals surface area (Å²) in [4.78, 5) is 10.6. The highest BCUT2D eigenvalue weighted by Crippen LogP contribution is 2.15. The van der Waals surface area contributed by atoms with Gasteiger partial charge >= 0.3 is 0 Å². The number of nitrogens with zero attached hydrogens (tertiary/aromatic N) is 4. The lowest BCUT2D eigenvalue weighted by Crippen LogP contribution is -2.15. The molecule has 0 atom stereocenters. The lowest BCUT2D eigenvalue weighted by atomic mass is 10.3. The van der Waals surface area contributed by atoms with Crippen molar-refractivity contribution in [3.05, 3.63) is 35.9 Å². The van der Waals surface area contributed by atoms with E-state index in [0.717, 1.165) is 29.6 Å². The number of hydrogen-bond acceptors (Lipinski definition) is 4. The number of anilines is 2. The minimum Gasteiger partial charge on any atom is -0.378 e. The molecule has 1 N–H and O–H groups in total. The van der Waals surface area contributed by atoms with E-state index in [0.29, 0.717) is 0 Å². The van der Waals surface area contributed by atoms with E-state index in [1.165, 1.54) is 0 Å². The first-order valence-electron chi connectivity index (χ1n) is 5.93. The third kappa shape index (κ3) is 2.45. The van der Waals surface area contributed by atoms with Crippen molar-refractivity contribution in [1.29, 1.82) is 0 Å². The second kappa shape index (κ2) is 5.08. The Hall–Kier alpha value is -2.04. The largest absolute Gasteiger partial charge is 0.378 e. The molecule has 0 spiro atoms. The summed E-state index contributed by atoms with van der Waals surface area (Å²) in [6.07, 6.45) is 3.70. The predicted octanol–water partition coefficient (Wildman–Crippen LogP) is 1.80. The maximum atomic E-state index is 4.38. The number of hydrogen-bond donors (Lipinski definition) is 1. The molecule has 0 fully saturated rings. The van der Waals surface area contributed by atoms with Crippen LogP contribution in [0.15, 0.2) is 24.5 Å². The van der Waals surface area contributed by atoms with Crippen molar-refractivity contribution in [3.8, 4) is 0 Å². The average Bonchev–Trinajstić information content (AvgIpc) is 2.70. The lowest BCUT2D eigenvalue weighted by Gasteiger charge is -2.13. The second-order valence-corrected chi connectivity index (χ2v) is 4.49. The van der Waals surface area contributed by atoms with E-state index in [-0.39, 0.29) is 0 Å². The van der Waals surface area contributed by atoms with Crippen LogP contribution in [-0.4, -0.2) is 28.6 Å². The number of imidazole rings is 1. The molecule has 2 aromatic rings. The quantitative estimate of drug-likeness (QED) is 0.892. The van der Waals surface area contributed by atoms with Crippen molar-refractivity contribution in [2.45, 2.75) is 13.5 Å². The molecule has 18 heavy (non-hydrogen) atoms. The van der Waals surface area contributed by atoms with Gasteiger partial charge in [-0.2, -0.15) is 0 Å². The van der Waals surface area contributed by atoms with Crippen LogP contribution >= 0.6 is 0 Å². The van der Waals surface area contributed by atoms with E-state index < -0.39 is 0 Å². The van der Waals surface area contributed by atoms with Crippen LogP contribution in [0.4, 0.5) is 11.6 Å². The molecule has 0 bridgehead atoms. The maximum Gasteiger partial charge on any atom is 0.204 e. The number of pyridine rings is 1. The Bertz CT molecular complexity index is 530. The Balaban J connectivity index is 2.09. The van der Waals surface area contributed by atoms with Gasteiger partial charge in [0, 0.05) is 27.3 Å². The summed E-state index contributed by atoms with van der Waals surface area (Å²) in [5, 5.41) is 3.38. The van der Waals surface area contributed by atoms with Crippen LogP contribution in [0, 0.1) is 6.92 Å². The SMILES string of the molecule is Cc1ncccc1NCc1cnc(N(C)C)n1C. The van der Waals surface area contributed by atoms with Crippen LogP contribution in [0.2, 0.25) is 0 Å². The smallest absolute Gasteiger partial charge is 0.204 e. The third-order valence-corrected chi connectivity index (χ3v) is 2.93. The highest BCUT2D eigenvalue weighted by molar-refractivity contribution is 5.47. The zero-order valence-electron chi connectivity index (χ0n) is 11.3. The zero-order chi connectivity index (χ0) is 13.1. The van der Waals surface area contributed by atoms with E-state index in [1.54, 1.807) is 6.20 Å². The standard InChI is InChI=1S/C13H19N5/c1-10-12(6-5-7-14-10)15-8-11-9-16-13(17(2)3)18(11)4/h5-7,9,15H,8H2,1-4H3. The molecule has 2 aromatic heterocycles. The Morgan fingerprint density at radius 2 is 2.11 bits per heavy atom. The average molecular weight is 245 g/mol. The van der Waals surface area contributed by atoms with Gasteiger partial charge in [-0.3, -0.25) is 4.98 Å². The molecule has 0 radical (unpaired) electrons. The first kappa shape index (κ1) is 12.4. The monoisotopic (exact) mass is 245 g/mol. The number of rotatable bonds is 4. The summed E-state index contributed by atoms with van der Waals surface area (Å²) < 4.78 is 2.08. The first-order chi connectivity index (χ1) is 8.59. The number of aromatic nitrogens is 3.